The smallest absolute Gasteiger partial charge is 0.220 e. The van der Waals surface area contributed by atoms with Crippen LogP contribution in [0.5, 0.6) is 0 Å². The Kier molecular flexibility index (Phi) is 7.97. The Labute approximate surface area is 130 Å². The molecule has 5 heteroatoms. The van der Waals surface area contributed by atoms with Gasteiger partial charge in [-0.25, -0.2) is 0 Å². The van der Waals surface area contributed by atoms with E-state index in [1.54, 1.807) is 6.07 Å². The third-order valence-electron chi connectivity index (χ3n) is 3.12. The van der Waals surface area contributed by atoms with E-state index in [1.165, 1.54) is 0 Å². The van der Waals surface area contributed by atoms with Gasteiger partial charge in [-0.15, -0.1) is 0 Å². The fourth-order valence-corrected chi connectivity index (χ4v) is 2.14. The van der Waals surface area contributed by atoms with E-state index in [2.05, 4.69) is 5.32 Å². The summed E-state index contributed by atoms with van der Waals surface area (Å²) >= 11 is 11.8. The standard InChI is InChI=1S/C15H21Cl2NO2/c1-2-12(19)8-9-18-15(20)5-3-4-11-6-7-13(16)14(17)10-11/h6-7,10,12,19H,2-5,8-9H2,1H3,(H,18,20). The van der Waals surface area contributed by atoms with Gasteiger partial charge in [0.25, 0.3) is 0 Å². The lowest BCUT2D eigenvalue weighted by atomic mass is 10.1. The van der Waals surface area contributed by atoms with E-state index in [0.29, 0.717) is 35.9 Å². The van der Waals surface area contributed by atoms with Crippen molar-refractivity contribution in [2.75, 3.05) is 6.54 Å². The van der Waals surface area contributed by atoms with Crippen molar-refractivity contribution in [2.24, 2.45) is 0 Å². The van der Waals surface area contributed by atoms with E-state index < -0.39 is 0 Å². The highest BCUT2D eigenvalue weighted by Gasteiger charge is 2.05. The van der Waals surface area contributed by atoms with Crippen LogP contribution in [0.25, 0.3) is 0 Å². The Hall–Kier alpha value is -0.770. The van der Waals surface area contributed by atoms with Crippen molar-refractivity contribution in [3.8, 4) is 0 Å². The minimum atomic E-state index is -0.327. The minimum absolute atomic E-state index is 0.0216. The first-order valence-electron chi connectivity index (χ1n) is 6.91. The average molecular weight is 318 g/mol. The van der Waals surface area contributed by atoms with Crippen molar-refractivity contribution < 1.29 is 9.90 Å². The molecule has 3 nitrogen and oxygen atoms in total. The largest absolute Gasteiger partial charge is 0.393 e. The van der Waals surface area contributed by atoms with E-state index in [0.717, 1.165) is 18.4 Å². The van der Waals surface area contributed by atoms with Gasteiger partial charge in [-0.2, -0.15) is 0 Å². The van der Waals surface area contributed by atoms with Gasteiger partial charge in [0.1, 0.15) is 0 Å². The summed E-state index contributed by atoms with van der Waals surface area (Å²) in [5, 5.41) is 13.3. The molecule has 2 N–H and O–H groups in total. The van der Waals surface area contributed by atoms with E-state index in [-0.39, 0.29) is 12.0 Å². The molecule has 0 saturated heterocycles. The Morgan fingerprint density at radius 1 is 1.35 bits per heavy atom. The van der Waals surface area contributed by atoms with Gasteiger partial charge in [0.2, 0.25) is 5.91 Å². The maximum Gasteiger partial charge on any atom is 0.220 e. The molecule has 0 aliphatic heterocycles. The molecule has 0 fully saturated rings. The zero-order valence-corrected chi connectivity index (χ0v) is 13.2. The Bertz CT molecular complexity index is 438. The Balaban J connectivity index is 2.20. The van der Waals surface area contributed by atoms with E-state index in [9.17, 15) is 9.90 Å². The topological polar surface area (TPSA) is 49.3 Å². The van der Waals surface area contributed by atoms with Crippen LogP contribution in [0.15, 0.2) is 18.2 Å². The van der Waals surface area contributed by atoms with Crippen molar-refractivity contribution in [2.45, 2.75) is 45.1 Å². The maximum atomic E-state index is 11.6. The zero-order valence-electron chi connectivity index (χ0n) is 11.7. The van der Waals surface area contributed by atoms with E-state index in [1.807, 2.05) is 19.1 Å². The van der Waals surface area contributed by atoms with Crippen molar-refractivity contribution in [3.05, 3.63) is 33.8 Å². The summed E-state index contributed by atoms with van der Waals surface area (Å²) in [5.41, 5.74) is 1.08. The summed E-state index contributed by atoms with van der Waals surface area (Å²) in [5.74, 6) is 0.0216. The van der Waals surface area contributed by atoms with Crippen molar-refractivity contribution in [3.63, 3.8) is 0 Å². The third kappa shape index (κ3) is 6.60. The second-order valence-corrected chi connectivity index (χ2v) is 5.62. The van der Waals surface area contributed by atoms with Gasteiger partial charge in [0.05, 0.1) is 16.1 Å². The van der Waals surface area contributed by atoms with Gasteiger partial charge in [-0.1, -0.05) is 36.2 Å². The number of carbonyl (C=O) groups is 1. The molecule has 0 bridgehead atoms. The van der Waals surface area contributed by atoms with Crippen LogP contribution in [0.4, 0.5) is 0 Å². The molecule has 0 aliphatic rings. The number of amides is 1. The fraction of sp³-hybridized carbons (Fsp3) is 0.533. The number of aliphatic hydroxyl groups is 1. The molecule has 0 aromatic heterocycles. The van der Waals surface area contributed by atoms with Gasteiger partial charge in [-0.3, -0.25) is 4.79 Å². The van der Waals surface area contributed by atoms with Crippen molar-refractivity contribution >= 4 is 29.1 Å². The molecule has 1 atom stereocenters. The predicted molar refractivity (Wildman–Crippen MR) is 83.3 cm³/mol. The number of rotatable bonds is 8. The summed E-state index contributed by atoms with van der Waals surface area (Å²) in [6, 6.07) is 5.52. The third-order valence-corrected chi connectivity index (χ3v) is 3.86. The number of aliphatic hydroxyl groups excluding tert-OH is 1. The lowest BCUT2D eigenvalue weighted by Crippen LogP contribution is -2.26. The first-order chi connectivity index (χ1) is 9.52. The Morgan fingerprint density at radius 3 is 2.75 bits per heavy atom. The summed E-state index contributed by atoms with van der Waals surface area (Å²) in [6.45, 7) is 2.45. The summed E-state index contributed by atoms with van der Waals surface area (Å²) in [4.78, 5) is 11.6. The van der Waals surface area contributed by atoms with Gasteiger partial charge < -0.3 is 10.4 Å². The second kappa shape index (κ2) is 9.22. The number of benzene rings is 1. The van der Waals surface area contributed by atoms with Gasteiger partial charge in [-0.05, 0) is 43.4 Å². The van der Waals surface area contributed by atoms with Crippen LogP contribution in [0, 0.1) is 0 Å². The highest BCUT2D eigenvalue weighted by Crippen LogP contribution is 2.23. The van der Waals surface area contributed by atoms with Crippen LogP contribution >= 0.6 is 23.2 Å². The average Bonchev–Trinajstić information content (AvgIpc) is 2.42. The van der Waals surface area contributed by atoms with Gasteiger partial charge >= 0.3 is 0 Å². The van der Waals surface area contributed by atoms with Crippen LogP contribution in [0.3, 0.4) is 0 Å². The van der Waals surface area contributed by atoms with Crippen molar-refractivity contribution in [1.29, 1.82) is 0 Å². The van der Waals surface area contributed by atoms with Gasteiger partial charge in [0, 0.05) is 13.0 Å². The molecule has 1 aromatic carbocycles. The van der Waals surface area contributed by atoms with E-state index >= 15 is 0 Å². The molecule has 1 unspecified atom stereocenters. The highest BCUT2D eigenvalue weighted by atomic mass is 35.5. The molecule has 112 valence electrons. The number of halogens is 2. The first-order valence-corrected chi connectivity index (χ1v) is 7.67. The monoisotopic (exact) mass is 317 g/mol. The van der Waals surface area contributed by atoms with Crippen LogP contribution in [-0.4, -0.2) is 23.7 Å². The summed E-state index contributed by atoms with van der Waals surface area (Å²) in [6.07, 6.45) is 3.03. The first kappa shape index (κ1) is 17.3. The van der Waals surface area contributed by atoms with Crippen LogP contribution in [-0.2, 0) is 11.2 Å². The highest BCUT2D eigenvalue weighted by molar-refractivity contribution is 6.42. The molecule has 0 heterocycles. The molecular weight excluding hydrogens is 297 g/mol. The molecule has 20 heavy (non-hydrogen) atoms. The molecular formula is C15H21Cl2NO2. The lowest BCUT2D eigenvalue weighted by Gasteiger charge is -2.09. The normalized spacial score (nSPS) is 12.2. The van der Waals surface area contributed by atoms with E-state index in [4.69, 9.17) is 23.2 Å². The summed E-state index contributed by atoms with van der Waals surface area (Å²) < 4.78 is 0. The van der Waals surface area contributed by atoms with Gasteiger partial charge in [0.15, 0.2) is 0 Å². The molecule has 0 aliphatic carbocycles. The van der Waals surface area contributed by atoms with Crippen LogP contribution < -0.4 is 5.32 Å². The maximum absolute atomic E-state index is 11.6. The fourth-order valence-electron chi connectivity index (χ4n) is 1.82. The number of hydrogen-bond acceptors (Lipinski definition) is 2. The molecule has 0 spiro atoms. The van der Waals surface area contributed by atoms with Crippen LogP contribution in [0.1, 0.15) is 38.2 Å². The SMILES string of the molecule is CCC(O)CCNC(=O)CCCc1ccc(Cl)c(Cl)c1. The number of carbonyl (C=O) groups excluding carboxylic acids is 1. The quantitative estimate of drug-likeness (QED) is 0.769. The minimum Gasteiger partial charge on any atom is -0.393 e. The summed E-state index contributed by atoms with van der Waals surface area (Å²) in [7, 11) is 0. The molecule has 0 saturated carbocycles. The second-order valence-electron chi connectivity index (χ2n) is 4.80. The predicted octanol–water partition coefficient (Wildman–Crippen LogP) is 3.59. The zero-order chi connectivity index (χ0) is 15.0. The molecule has 1 aromatic rings. The molecule has 0 radical (unpaired) electrons. The van der Waals surface area contributed by atoms with Crippen LogP contribution in [0.2, 0.25) is 10.0 Å². The molecule has 1 amide bonds. The number of nitrogens with one attached hydrogen (secondary N) is 1. The Morgan fingerprint density at radius 2 is 2.10 bits per heavy atom. The number of aryl methyl sites for hydroxylation is 1. The molecule has 1 rings (SSSR count). The van der Waals surface area contributed by atoms with Crippen molar-refractivity contribution in [1.82, 2.24) is 5.32 Å². The number of hydrogen-bond donors (Lipinski definition) is 2. The lowest BCUT2D eigenvalue weighted by molar-refractivity contribution is -0.121.